The number of rotatable bonds is 7. The van der Waals surface area contributed by atoms with E-state index < -0.39 is 57.7 Å². The number of nitrogens with zero attached hydrogens (tertiary/aromatic N) is 5. The molecule has 42 heavy (non-hydrogen) atoms. The quantitative estimate of drug-likeness (QED) is 0.431. The van der Waals surface area contributed by atoms with Gasteiger partial charge in [-0.05, 0) is 44.9 Å². The van der Waals surface area contributed by atoms with E-state index in [1.165, 1.54) is 24.5 Å². The van der Waals surface area contributed by atoms with Crippen LogP contribution in [-0.4, -0.2) is 77.2 Å². The summed E-state index contributed by atoms with van der Waals surface area (Å²) in [6.45, 7) is 2.83. The fraction of sp³-hybridized carbons (Fsp3) is 0.423. The first kappa shape index (κ1) is 29.4. The molecule has 0 saturated carbocycles. The molecule has 0 radical (unpaired) electrons. The summed E-state index contributed by atoms with van der Waals surface area (Å²) in [5.74, 6) is -2.15. The number of anilines is 1. The molecule has 3 aromatic rings. The van der Waals surface area contributed by atoms with Crippen molar-refractivity contribution >= 4 is 44.5 Å². The van der Waals surface area contributed by atoms with Crippen molar-refractivity contribution in [2.24, 2.45) is 5.92 Å². The van der Waals surface area contributed by atoms with Crippen LogP contribution in [0.15, 0.2) is 52.4 Å². The van der Waals surface area contributed by atoms with Crippen LogP contribution in [0, 0.1) is 5.92 Å². The summed E-state index contributed by atoms with van der Waals surface area (Å²) < 4.78 is 72.3. The summed E-state index contributed by atoms with van der Waals surface area (Å²) in [5.41, 5.74) is -0.750. The number of alkyl halides is 3. The summed E-state index contributed by atoms with van der Waals surface area (Å²) in [6.07, 6.45) is -0.176. The molecule has 2 fully saturated rings. The number of hydrogen-bond acceptors (Lipinski definition) is 8. The van der Waals surface area contributed by atoms with Crippen LogP contribution in [0.4, 0.5) is 23.7 Å². The van der Waals surface area contributed by atoms with Crippen molar-refractivity contribution < 1.29 is 40.4 Å². The number of halogens is 3. The lowest BCUT2D eigenvalue weighted by Gasteiger charge is -2.40. The second-order valence-electron chi connectivity index (χ2n) is 10.3. The Morgan fingerprint density at radius 1 is 1.19 bits per heavy atom. The number of hydrogen-bond donors (Lipinski definition) is 1. The lowest BCUT2D eigenvalue weighted by molar-refractivity contribution is -0.141. The molecule has 224 valence electrons. The second kappa shape index (κ2) is 11.0. The first-order valence-corrected chi connectivity index (χ1v) is 14.5. The van der Waals surface area contributed by atoms with E-state index in [1.54, 1.807) is 13.8 Å². The van der Waals surface area contributed by atoms with Crippen LogP contribution < -0.4 is 10.2 Å². The Morgan fingerprint density at radius 2 is 1.95 bits per heavy atom. The largest absolute Gasteiger partial charge is 0.443 e. The number of urea groups is 1. The van der Waals surface area contributed by atoms with Crippen LogP contribution in [0.5, 0.6) is 0 Å². The molecule has 0 aliphatic carbocycles. The maximum Gasteiger partial charge on any atom is 0.433 e. The van der Waals surface area contributed by atoms with Crippen LogP contribution in [-0.2, 0) is 25.8 Å². The molecule has 0 bridgehead atoms. The fourth-order valence-corrected chi connectivity index (χ4v) is 6.70. The molecule has 0 aromatic carbocycles. The van der Waals surface area contributed by atoms with E-state index in [9.17, 15) is 36.0 Å². The highest BCUT2D eigenvalue weighted by atomic mass is 32.2. The van der Waals surface area contributed by atoms with Crippen molar-refractivity contribution in [2.45, 2.75) is 50.0 Å². The highest BCUT2D eigenvalue weighted by Crippen LogP contribution is 2.32. The predicted molar refractivity (Wildman–Crippen MR) is 141 cm³/mol. The van der Waals surface area contributed by atoms with Gasteiger partial charge in [0.25, 0.3) is 10.0 Å². The van der Waals surface area contributed by atoms with Crippen LogP contribution in [0.2, 0.25) is 0 Å². The Hall–Kier alpha value is -4.05. The van der Waals surface area contributed by atoms with Gasteiger partial charge >= 0.3 is 12.2 Å². The maximum atomic E-state index is 13.4. The average molecular weight is 609 g/mol. The number of amides is 4. The smallest absolute Gasteiger partial charge is 0.433 e. The number of fused-ring (bicyclic) bond motifs is 1. The van der Waals surface area contributed by atoms with Gasteiger partial charge in [-0.3, -0.25) is 24.4 Å². The van der Waals surface area contributed by atoms with Crippen LogP contribution >= 0.6 is 0 Å². The number of sulfonamides is 1. The first-order valence-electron chi connectivity index (χ1n) is 13.1. The van der Waals surface area contributed by atoms with Crippen molar-refractivity contribution in [3.05, 3.63) is 48.5 Å². The summed E-state index contributed by atoms with van der Waals surface area (Å²) in [4.78, 5) is 49.0. The summed E-state index contributed by atoms with van der Waals surface area (Å²) in [6, 6.07) is 2.33. The van der Waals surface area contributed by atoms with Crippen molar-refractivity contribution in [3.63, 3.8) is 0 Å². The molecular weight excluding hydrogens is 581 g/mol. The molecule has 4 amide bonds. The Morgan fingerprint density at radius 3 is 2.60 bits per heavy atom. The minimum Gasteiger partial charge on any atom is -0.443 e. The van der Waals surface area contributed by atoms with Gasteiger partial charge in [0.05, 0.1) is 17.8 Å². The lowest BCUT2D eigenvalue weighted by Crippen LogP contribution is -2.61. The number of carbonyl (C=O) groups is 3. The molecule has 1 unspecified atom stereocenters. The van der Waals surface area contributed by atoms with E-state index in [1.807, 2.05) is 0 Å². The zero-order valence-electron chi connectivity index (χ0n) is 22.5. The van der Waals surface area contributed by atoms with Crippen LogP contribution in [0.25, 0.3) is 11.0 Å². The van der Waals surface area contributed by atoms with Gasteiger partial charge in [0.15, 0.2) is 0 Å². The molecule has 12 nitrogen and oxygen atoms in total. The molecule has 2 atom stereocenters. The van der Waals surface area contributed by atoms with Gasteiger partial charge in [-0.1, -0.05) is 0 Å². The molecule has 3 aromatic heterocycles. The number of pyridine rings is 2. The molecule has 2 saturated heterocycles. The molecular formula is C26H27F3N6O6S. The van der Waals surface area contributed by atoms with Gasteiger partial charge in [-0.25, -0.2) is 18.2 Å². The topological polar surface area (TPSA) is 146 Å². The molecule has 5 rings (SSSR count). The van der Waals surface area contributed by atoms with E-state index >= 15 is 0 Å². The minimum absolute atomic E-state index is 0.0524. The molecule has 2 aliphatic rings. The minimum atomic E-state index is -4.67. The molecule has 2 aliphatic heterocycles. The molecule has 16 heteroatoms. The second-order valence-corrected chi connectivity index (χ2v) is 12.1. The fourth-order valence-electron chi connectivity index (χ4n) is 5.09. The van der Waals surface area contributed by atoms with Gasteiger partial charge in [0, 0.05) is 49.5 Å². The normalized spacial score (nSPS) is 20.6. The third-order valence-corrected chi connectivity index (χ3v) is 8.94. The van der Waals surface area contributed by atoms with E-state index in [4.69, 9.17) is 4.42 Å². The van der Waals surface area contributed by atoms with Gasteiger partial charge in [0.2, 0.25) is 16.9 Å². The lowest BCUT2D eigenvalue weighted by atomic mass is 10.0. The number of carbonyl (C=O) groups excluding carboxylic acids is 3. The van der Waals surface area contributed by atoms with E-state index in [0.29, 0.717) is 17.4 Å². The highest BCUT2D eigenvalue weighted by molar-refractivity contribution is 7.89. The van der Waals surface area contributed by atoms with Gasteiger partial charge < -0.3 is 9.73 Å². The predicted octanol–water partition coefficient (Wildman–Crippen LogP) is 3.00. The van der Waals surface area contributed by atoms with Crippen molar-refractivity contribution in [1.82, 2.24) is 24.5 Å². The molecule has 5 heterocycles. The third kappa shape index (κ3) is 5.43. The zero-order chi connectivity index (χ0) is 30.4. The zero-order valence-corrected chi connectivity index (χ0v) is 23.4. The van der Waals surface area contributed by atoms with E-state index in [0.717, 1.165) is 32.4 Å². The number of nitrogens with one attached hydrogen (secondary N) is 1. The SMILES string of the molecule is CC(C)N1C(=O)C(CNC(=O)[C@@H]2CCCN2S(=O)(=O)c2cc3cnccc3o2)CN(c2ccc(C(F)(F)F)nc2)C1=O. The monoisotopic (exact) mass is 608 g/mol. The van der Waals surface area contributed by atoms with Crippen LogP contribution in [0.3, 0.4) is 0 Å². The molecule has 0 spiro atoms. The van der Waals surface area contributed by atoms with E-state index in [-0.39, 0.29) is 36.8 Å². The number of imide groups is 1. The van der Waals surface area contributed by atoms with Gasteiger partial charge in [-0.15, -0.1) is 0 Å². The molecule has 1 N–H and O–H groups in total. The van der Waals surface area contributed by atoms with Gasteiger partial charge in [0.1, 0.15) is 17.3 Å². The summed E-state index contributed by atoms with van der Waals surface area (Å²) in [5, 5.41) is 2.81. The third-order valence-electron chi connectivity index (χ3n) is 7.18. The van der Waals surface area contributed by atoms with Crippen molar-refractivity contribution in [3.8, 4) is 0 Å². The maximum absolute atomic E-state index is 13.4. The number of aromatic nitrogens is 2. The Labute approximate surface area is 238 Å². The van der Waals surface area contributed by atoms with E-state index in [2.05, 4.69) is 15.3 Å². The standard InChI is InChI=1S/C26H27F3N6O6S/c1-15(2)35-24(37)17(14-33(25(35)38)18-5-6-21(31-13-18)26(27,28)29)12-32-23(36)19-4-3-9-34(19)42(39,40)22-10-16-11-30-8-7-20(16)41-22/h5-8,10-11,13,15,17,19H,3-4,9,12,14H2,1-2H3,(H,32,36)/t17?,19-/m0/s1. The Balaban J connectivity index is 1.32. The van der Waals surface area contributed by atoms with Gasteiger partial charge in [-0.2, -0.15) is 17.5 Å². The van der Waals surface area contributed by atoms with Crippen LogP contribution in [0.1, 0.15) is 32.4 Å². The van der Waals surface area contributed by atoms with Crippen molar-refractivity contribution in [2.75, 3.05) is 24.5 Å². The average Bonchev–Trinajstić information content (AvgIpc) is 3.61. The summed E-state index contributed by atoms with van der Waals surface area (Å²) >= 11 is 0. The Bertz CT molecular complexity index is 1590. The number of furan rings is 1. The first-order chi connectivity index (χ1) is 19.8. The highest BCUT2D eigenvalue weighted by Gasteiger charge is 2.44. The van der Waals surface area contributed by atoms with Crippen molar-refractivity contribution in [1.29, 1.82) is 0 Å². The summed E-state index contributed by atoms with van der Waals surface area (Å²) in [7, 11) is -4.17. The Kier molecular flexibility index (Phi) is 7.70.